The second-order valence-electron chi connectivity index (χ2n) is 9.74. The first kappa shape index (κ1) is 25.8. The molecule has 0 unspecified atom stereocenters. The van der Waals surface area contributed by atoms with Gasteiger partial charge in [0.1, 0.15) is 11.5 Å². The van der Waals surface area contributed by atoms with E-state index in [9.17, 15) is 4.79 Å². The summed E-state index contributed by atoms with van der Waals surface area (Å²) in [6.07, 6.45) is 1.24. The number of aliphatic hydroxyl groups is 1. The molecule has 1 N–H and O–H groups in total. The Bertz CT molecular complexity index is 1310. The van der Waals surface area contributed by atoms with Crippen molar-refractivity contribution in [3.05, 3.63) is 95.1 Å². The van der Waals surface area contributed by atoms with Gasteiger partial charge in [-0.05, 0) is 59.5 Å². The minimum absolute atomic E-state index is 0.0256. The Balaban J connectivity index is 1.60. The van der Waals surface area contributed by atoms with E-state index in [2.05, 4.69) is 19.1 Å². The number of benzene rings is 3. The van der Waals surface area contributed by atoms with E-state index >= 15 is 0 Å². The van der Waals surface area contributed by atoms with Gasteiger partial charge in [0.2, 0.25) is 5.90 Å². The maximum Gasteiger partial charge on any atom is 0.255 e. The number of amides is 1. The van der Waals surface area contributed by atoms with Crippen molar-refractivity contribution in [2.75, 3.05) is 26.9 Å². The Labute approximate surface area is 223 Å². The van der Waals surface area contributed by atoms with Crippen LogP contribution in [0.5, 0.6) is 11.5 Å². The number of ether oxygens (including phenoxy) is 3. The molecule has 0 fully saturated rings. The van der Waals surface area contributed by atoms with Gasteiger partial charge >= 0.3 is 0 Å². The smallest absolute Gasteiger partial charge is 0.255 e. The molecule has 0 bridgehead atoms. The number of fused-ring (bicyclic) bond motifs is 1. The van der Waals surface area contributed by atoms with Gasteiger partial charge in [-0.2, -0.15) is 0 Å². The van der Waals surface area contributed by atoms with Crippen LogP contribution in [-0.2, 0) is 22.5 Å². The Hall–Kier alpha value is -3.84. The molecule has 2 aliphatic rings. The predicted octanol–water partition coefficient (Wildman–Crippen LogP) is 4.71. The van der Waals surface area contributed by atoms with Crippen molar-refractivity contribution in [1.29, 1.82) is 0 Å². The summed E-state index contributed by atoms with van der Waals surface area (Å²) < 4.78 is 17.8. The van der Waals surface area contributed by atoms with Gasteiger partial charge in [0, 0.05) is 38.1 Å². The zero-order valence-electron chi connectivity index (χ0n) is 21.9. The fraction of sp³-hybridized carbons (Fsp3) is 0.355. The van der Waals surface area contributed by atoms with E-state index in [-0.39, 0.29) is 12.5 Å². The SMILES string of the molecule is CCCN1Cc2ccccc2C[C@@]2(N=C(c3ccc(OCCCO)cc3)O[C@H]2c2cccc(OC)c2)C1=O. The first-order valence-electron chi connectivity index (χ1n) is 13.2. The minimum Gasteiger partial charge on any atom is -0.497 e. The summed E-state index contributed by atoms with van der Waals surface area (Å²) in [6, 6.07) is 23.4. The molecule has 1 amide bonds. The van der Waals surface area contributed by atoms with Gasteiger partial charge in [-0.1, -0.05) is 43.3 Å². The maximum atomic E-state index is 14.4. The van der Waals surface area contributed by atoms with Crippen LogP contribution in [0.15, 0.2) is 77.8 Å². The van der Waals surface area contributed by atoms with Gasteiger partial charge in [-0.25, -0.2) is 4.99 Å². The zero-order valence-corrected chi connectivity index (χ0v) is 21.9. The van der Waals surface area contributed by atoms with Crippen LogP contribution < -0.4 is 9.47 Å². The van der Waals surface area contributed by atoms with E-state index in [1.807, 2.05) is 65.6 Å². The highest BCUT2D eigenvalue weighted by Crippen LogP contribution is 2.46. The Morgan fingerprint density at radius 2 is 1.84 bits per heavy atom. The highest BCUT2D eigenvalue weighted by molar-refractivity contribution is 6.01. The standard InChI is InChI=1S/C31H34N2O5/c1-3-16-33-21-25-9-5-4-8-24(25)20-31(30(33)35)28(23-10-6-11-27(19-23)36-2)38-29(32-31)22-12-14-26(15-13-22)37-18-7-17-34/h4-6,8-15,19,28,34H,3,7,16-18,20-21H2,1-2H3/t28-,31-/m0/s1. The van der Waals surface area contributed by atoms with Crippen LogP contribution >= 0.6 is 0 Å². The molecule has 0 aliphatic carbocycles. The number of rotatable bonds is 9. The molecule has 0 aromatic heterocycles. The molecule has 5 rings (SSSR count). The molecule has 0 saturated carbocycles. The number of aliphatic hydroxyl groups excluding tert-OH is 1. The van der Waals surface area contributed by atoms with Crippen LogP contribution in [0.3, 0.4) is 0 Å². The summed E-state index contributed by atoms with van der Waals surface area (Å²) in [5.74, 6) is 1.81. The topological polar surface area (TPSA) is 80.6 Å². The molecule has 3 aromatic carbocycles. The van der Waals surface area contributed by atoms with E-state index < -0.39 is 11.6 Å². The van der Waals surface area contributed by atoms with Crippen LogP contribution in [0.1, 0.15) is 48.1 Å². The van der Waals surface area contributed by atoms with E-state index in [1.165, 1.54) is 0 Å². The molecule has 0 radical (unpaired) electrons. The largest absolute Gasteiger partial charge is 0.497 e. The van der Waals surface area contributed by atoms with E-state index in [0.717, 1.165) is 28.7 Å². The average molecular weight is 515 g/mol. The second-order valence-corrected chi connectivity index (χ2v) is 9.74. The van der Waals surface area contributed by atoms with Gasteiger partial charge in [0.05, 0.1) is 13.7 Å². The molecule has 2 atom stereocenters. The molecule has 2 heterocycles. The zero-order chi connectivity index (χ0) is 26.5. The van der Waals surface area contributed by atoms with Crippen molar-refractivity contribution in [2.45, 2.75) is 44.4 Å². The highest BCUT2D eigenvalue weighted by Gasteiger charge is 2.56. The van der Waals surface area contributed by atoms with Crippen LogP contribution in [0.2, 0.25) is 0 Å². The second kappa shape index (κ2) is 11.3. The maximum absolute atomic E-state index is 14.4. The number of aliphatic imine (C=N–C) groups is 1. The minimum atomic E-state index is -1.15. The molecule has 2 aliphatic heterocycles. The summed E-state index contributed by atoms with van der Waals surface area (Å²) in [6.45, 7) is 3.81. The molecule has 7 nitrogen and oxygen atoms in total. The lowest BCUT2D eigenvalue weighted by molar-refractivity contribution is -0.140. The van der Waals surface area contributed by atoms with Crippen LogP contribution in [-0.4, -0.2) is 54.2 Å². The summed E-state index contributed by atoms with van der Waals surface area (Å²) in [5, 5.41) is 9.01. The first-order valence-corrected chi connectivity index (χ1v) is 13.2. The Morgan fingerprint density at radius 1 is 1.05 bits per heavy atom. The molecule has 38 heavy (non-hydrogen) atoms. The molecule has 198 valence electrons. The summed E-state index contributed by atoms with van der Waals surface area (Å²) >= 11 is 0. The molecule has 0 saturated heterocycles. The van der Waals surface area contributed by atoms with Crippen molar-refractivity contribution in [3.8, 4) is 11.5 Å². The van der Waals surface area contributed by atoms with Gasteiger partial charge in [0.15, 0.2) is 11.6 Å². The molecular weight excluding hydrogens is 480 g/mol. The lowest BCUT2D eigenvalue weighted by Crippen LogP contribution is -2.50. The number of methoxy groups -OCH3 is 1. The fourth-order valence-electron chi connectivity index (χ4n) is 5.25. The van der Waals surface area contributed by atoms with E-state index in [0.29, 0.717) is 49.9 Å². The van der Waals surface area contributed by atoms with Crippen molar-refractivity contribution in [1.82, 2.24) is 4.90 Å². The predicted molar refractivity (Wildman–Crippen MR) is 146 cm³/mol. The molecule has 1 spiro atoms. The molecule has 3 aromatic rings. The summed E-state index contributed by atoms with van der Waals surface area (Å²) in [5.41, 5.74) is 2.71. The van der Waals surface area contributed by atoms with Gasteiger partial charge in [-0.3, -0.25) is 4.79 Å². The van der Waals surface area contributed by atoms with Gasteiger partial charge in [0.25, 0.3) is 5.91 Å². The number of hydrogen-bond donors (Lipinski definition) is 1. The van der Waals surface area contributed by atoms with Crippen molar-refractivity contribution < 1.29 is 24.1 Å². The van der Waals surface area contributed by atoms with Crippen molar-refractivity contribution >= 4 is 11.8 Å². The van der Waals surface area contributed by atoms with Crippen LogP contribution in [0.4, 0.5) is 0 Å². The third-order valence-corrected chi connectivity index (χ3v) is 7.12. The van der Waals surface area contributed by atoms with Crippen LogP contribution in [0.25, 0.3) is 0 Å². The first-order chi connectivity index (χ1) is 18.6. The third-order valence-electron chi connectivity index (χ3n) is 7.12. The number of carbonyl (C=O) groups is 1. The Morgan fingerprint density at radius 3 is 2.58 bits per heavy atom. The van der Waals surface area contributed by atoms with Crippen LogP contribution in [0, 0.1) is 0 Å². The summed E-state index contributed by atoms with van der Waals surface area (Å²) in [7, 11) is 1.63. The van der Waals surface area contributed by atoms with Crippen molar-refractivity contribution in [2.24, 2.45) is 4.99 Å². The van der Waals surface area contributed by atoms with Gasteiger partial charge < -0.3 is 24.2 Å². The number of carbonyl (C=O) groups excluding carboxylic acids is 1. The third kappa shape index (κ3) is 4.98. The quantitative estimate of drug-likeness (QED) is 0.419. The molecular formula is C31H34N2O5. The number of hydrogen-bond acceptors (Lipinski definition) is 6. The summed E-state index contributed by atoms with van der Waals surface area (Å²) in [4.78, 5) is 21.5. The number of nitrogens with zero attached hydrogens (tertiary/aromatic N) is 2. The average Bonchev–Trinajstić information content (AvgIpc) is 3.29. The molecule has 7 heteroatoms. The fourth-order valence-corrected chi connectivity index (χ4v) is 5.25. The van der Waals surface area contributed by atoms with E-state index in [1.54, 1.807) is 7.11 Å². The normalized spacial score (nSPS) is 20.5. The lowest BCUT2D eigenvalue weighted by Gasteiger charge is -2.33. The van der Waals surface area contributed by atoms with Crippen molar-refractivity contribution in [3.63, 3.8) is 0 Å². The monoisotopic (exact) mass is 514 g/mol. The Kier molecular flexibility index (Phi) is 7.65. The lowest BCUT2D eigenvalue weighted by atomic mass is 9.81. The highest BCUT2D eigenvalue weighted by atomic mass is 16.5. The van der Waals surface area contributed by atoms with E-state index in [4.69, 9.17) is 24.3 Å². The van der Waals surface area contributed by atoms with Gasteiger partial charge in [-0.15, -0.1) is 0 Å².